The molecule has 0 amide bonds. The highest BCUT2D eigenvalue weighted by Gasteiger charge is 2.15. The molecule has 0 unspecified atom stereocenters. The van der Waals surface area contributed by atoms with E-state index in [-0.39, 0.29) is 0 Å². The average Bonchev–Trinajstić information content (AvgIpc) is 2.66. The van der Waals surface area contributed by atoms with Crippen LogP contribution >= 0.6 is 0 Å². The molecule has 0 radical (unpaired) electrons. The summed E-state index contributed by atoms with van der Waals surface area (Å²) < 4.78 is 10.8. The predicted molar refractivity (Wildman–Crippen MR) is 89.9 cm³/mol. The lowest BCUT2D eigenvalue weighted by molar-refractivity contribution is 0.397. The van der Waals surface area contributed by atoms with Crippen molar-refractivity contribution in [3.8, 4) is 22.8 Å². The second-order valence-electron chi connectivity index (χ2n) is 4.91. The highest BCUT2D eigenvalue weighted by Crippen LogP contribution is 2.36. The summed E-state index contributed by atoms with van der Waals surface area (Å²) in [7, 11) is 3.21. The Kier molecular flexibility index (Phi) is 4.81. The molecule has 1 aromatic carbocycles. The maximum Gasteiger partial charge on any atom is 0.243 e. The second-order valence-corrected chi connectivity index (χ2v) is 4.91. The Morgan fingerprint density at radius 1 is 1.00 bits per heavy atom. The monoisotopic (exact) mass is 323 g/mol. The van der Waals surface area contributed by atoms with Crippen molar-refractivity contribution in [2.45, 2.75) is 6.54 Å². The van der Waals surface area contributed by atoms with E-state index in [0.29, 0.717) is 29.7 Å². The molecule has 3 aromatic rings. The van der Waals surface area contributed by atoms with Crippen LogP contribution in [0.25, 0.3) is 11.3 Å². The topological polar surface area (TPSA) is 82.0 Å². The van der Waals surface area contributed by atoms with Crippen molar-refractivity contribution in [1.82, 2.24) is 20.2 Å². The minimum atomic E-state index is 0.428. The zero-order valence-corrected chi connectivity index (χ0v) is 13.4. The van der Waals surface area contributed by atoms with E-state index in [1.165, 1.54) is 0 Å². The van der Waals surface area contributed by atoms with E-state index in [9.17, 15) is 0 Å². The molecule has 0 bridgehead atoms. The van der Waals surface area contributed by atoms with Crippen LogP contribution in [0, 0.1) is 0 Å². The Hall–Kier alpha value is -3.22. The quantitative estimate of drug-likeness (QED) is 0.746. The van der Waals surface area contributed by atoms with E-state index in [0.717, 1.165) is 11.1 Å². The van der Waals surface area contributed by atoms with Gasteiger partial charge in [0.05, 0.1) is 26.0 Å². The summed E-state index contributed by atoms with van der Waals surface area (Å²) in [6, 6.07) is 9.41. The molecule has 0 saturated carbocycles. The van der Waals surface area contributed by atoms with Crippen LogP contribution in [0.2, 0.25) is 0 Å². The molecule has 0 saturated heterocycles. The smallest absolute Gasteiger partial charge is 0.243 e. The highest BCUT2D eigenvalue weighted by molar-refractivity contribution is 5.74. The van der Waals surface area contributed by atoms with Gasteiger partial charge in [-0.25, -0.2) is 4.98 Å². The number of nitrogens with zero attached hydrogens (tertiary/aromatic N) is 4. The molecular formula is C17H17N5O2. The number of benzene rings is 1. The number of ether oxygens (including phenoxy) is 2. The van der Waals surface area contributed by atoms with Crippen molar-refractivity contribution < 1.29 is 9.47 Å². The van der Waals surface area contributed by atoms with Gasteiger partial charge < -0.3 is 14.8 Å². The van der Waals surface area contributed by atoms with Gasteiger partial charge in [0.15, 0.2) is 0 Å². The molecule has 2 aromatic heterocycles. The van der Waals surface area contributed by atoms with E-state index >= 15 is 0 Å². The number of hydrogen-bond acceptors (Lipinski definition) is 7. The Morgan fingerprint density at radius 3 is 2.38 bits per heavy atom. The van der Waals surface area contributed by atoms with Crippen LogP contribution < -0.4 is 14.8 Å². The van der Waals surface area contributed by atoms with Crippen LogP contribution in [-0.2, 0) is 6.54 Å². The molecule has 0 atom stereocenters. The molecule has 3 rings (SSSR count). The molecular weight excluding hydrogens is 306 g/mol. The third kappa shape index (κ3) is 3.40. The lowest BCUT2D eigenvalue weighted by atomic mass is 10.1. The minimum absolute atomic E-state index is 0.428. The van der Waals surface area contributed by atoms with Gasteiger partial charge >= 0.3 is 0 Å². The van der Waals surface area contributed by atoms with Crippen LogP contribution in [0.3, 0.4) is 0 Å². The third-order valence-corrected chi connectivity index (χ3v) is 3.44. The Labute approximate surface area is 139 Å². The van der Waals surface area contributed by atoms with Crippen molar-refractivity contribution in [3.63, 3.8) is 0 Å². The van der Waals surface area contributed by atoms with Gasteiger partial charge in [0.25, 0.3) is 0 Å². The van der Waals surface area contributed by atoms with Crippen LogP contribution in [0.1, 0.15) is 5.56 Å². The zero-order valence-electron chi connectivity index (χ0n) is 13.4. The normalized spacial score (nSPS) is 10.2. The van der Waals surface area contributed by atoms with E-state index < -0.39 is 0 Å². The van der Waals surface area contributed by atoms with Gasteiger partial charge in [-0.05, 0) is 29.8 Å². The number of rotatable bonds is 6. The molecule has 0 spiro atoms. The van der Waals surface area contributed by atoms with Crippen molar-refractivity contribution >= 4 is 5.95 Å². The number of nitrogens with one attached hydrogen (secondary N) is 1. The fourth-order valence-corrected chi connectivity index (χ4v) is 2.28. The maximum atomic E-state index is 5.42. The zero-order chi connectivity index (χ0) is 16.8. The summed E-state index contributed by atoms with van der Waals surface area (Å²) >= 11 is 0. The van der Waals surface area contributed by atoms with Gasteiger partial charge in [0, 0.05) is 18.9 Å². The lowest BCUT2D eigenvalue weighted by Crippen LogP contribution is -2.06. The largest absolute Gasteiger partial charge is 0.496 e. The molecule has 24 heavy (non-hydrogen) atoms. The number of methoxy groups -OCH3 is 2. The first kappa shape index (κ1) is 15.7. The third-order valence-electron chi connectivity index (χ3n) is 3.44. The van der Waals surface area contributed by atoms with Crippen molar-refractivity contribution in [3.05, 3.63) is 54.5 Å². The van der Waals surface area contributed by atoms with Gasteiger partial charge in [-0.3, -0.25) is 4.98 Å². The van der Waals surface area contributed by atoms with E-state index in [2.05, 4.69) is 25.5 Å². The molecule has 1 N–H and O–H groups in total. The molecule has 0 aliphatic carbocycles. The highest BCUT2D eigenvalue weighted by atomic mass is 16.5. The van der Waals surface area contributed by atoms with Gasteiger partial charge in [-0.1, -0.05) is 6.07 Å². The minimum Gasteiger partial charge on any atom is -0.496 e. The predicted octanol–water partition coefficient (Wildman–Crippen LogP) is 2.56. The molecule has 7 nitrogen and oxygen atoms in total. The first-order chi connectivity index (χ1) is 11.8. The molecule has 0 aliphatic rings. The van der Waals surface area contributed by atoms with Crippen molar-refractivity contribution in [2.24, 2.45) is 0 Å². The van der Waals surface area contributed by atoms with Gasteiger partial charge in [-0.15, -0.1) is 5.10 Å². The Bertz CT molecular complexity index is 789. The molecule has 0 aliphatic heterocycles. The first-order valence-electron chi connectivity index (χ1n) is 7.35. The fraction of sp³-hybridized carbons (Fsp3) is 0.176. The maximum absolute atomic E-state index is 5.42. The van der Waals surface area contributed by atoms with Gasteiger partial charge in [0.2, 0.25) is 5.95 Å². The summed E-state index contributed by atoms with van der Waals surface area (Å²) in [5.74, 6) is 1.75. The summed E-state index contributed by atoms with van der Waals surface area (Å²) in [6.07, 6.45) is 5.07. The van der Waals surface area contributed by atoms with Gasteiger partial charge in [0.1, 0.15) is 17.2 Å². The number of aromatic nitrogens is 4. The summed E-state index contributed by atoms with van der Waals surface area (Å²) in [6.45, 7) is 0.580. The average molecular weight is 323 g/mol. The Balaban J connectivity index is 1.88. The number of hydrogen-bond donors (Lipinski definition) is 1. The van der Waals surface area contributed by atoms with E-state index in [1.54, 1.807) is 32.8 Å². The molecule has 122 valence electrons. The first-order valence-corrected chi connectivity index (χ1v) is 7.35. The summed E-state index contributed by atoms with van der Waals surface area (Å²) in [4.78, 5) is 8.51. The lowest BCUT2D eigenvalue weighted by Gasteiger charge is -2.12. The summed E-state index contributed by atoms with van der Waals surface area (Å²) in [5.41, 5.74) is 2.44. The number of anilines is 1. The Morgan fingerprint density at radius 2 is 1.71 bits per heavy atom. The molecule has 7 heteroatoms. The molecule has 2 heterocycles. The van der Waals surface area contributed by atoms with Crippen molar-refractivity contribution in [1.29, 1.82) is 0 Å². The van der Waals surface area contributed by atoms with Crippen LogP contribution in [0.4, 0.5) is 5.95 Å². The van der Waals surface area contributed by atoms with Crippen LogP contribution in [0.5, 0.6) is 11.5 Å². The standard InChI is InChI=1S/C17H17N5O2/c1-23-14-4-3-5-15(24-2)16(14)13-11-20-22-17(21-13)19-10-12-6-8-18-9-7-12/h3-9,11H,10H2,1-2H3,(H,19,21,22). The fourth-order valence-electron chi connectivity index (χ4n) is 2.28. The molecule has 0 fully saturated rings. The van der Waals surface area contributed by atoms with Crippen molar-refractivity contribution in [2.75, 3.05) is 19.5 Å². The van der Waals surface area contributed by atoms with Gasteiger partial charge in [-0.2, -0.15) is 5.10 Å². The SMILES string of the molecule is COc1cccc(OC)c1-c1cnnc(NCc2ccncc2)n1. The van der Waals surface area contributed by atoms with E-state index in [1.807, 2.05) is 30.3 Å². The summed E-state index contributed by atoms with van der Waals surface area (Å²) in [5, 5.41) is 11.2. The second kappa shape index (κ2) is 7.36. The van der Waals surface area contributed by atoms with Crippen LogP contribution in [-0.4, -0.2) is 34.4 Å². The van der Waals surface area contributed by atoms with E-state index in [4.69, 9.17) is 9.47 Å². The number of pyridine rings is 1. The van der Waals surface area contributed by atoms with Crippen LogP contribution in [0.15, 0.2) is 48.9 Å².